The number of nitrogens with one attached hydrogen (secondary N) is 1. The largest absolute Gasteiger partial charge is 0.384 e. The Hall–Kier alpha value is -1.89. The van der Waals surface area contributed by atoms with Crippen LogP contribution in [0.15, 0.2) is 6.07 Å². The molecule has 0 atom stereocenters. The summed E-state index contributed by atoms with van der Waals surface area (Å²) in [5.41, 5.74) is 6.59. The number of aryl methyl sites for hydroxylation is 1. The third kappa shape index (κ3) is 5.33. The van der Waals surface area contributed by atoms with Crippen LogP contribution in [0.25, 0.3) is 0 Å². The Morgan fingerprint density at radius 1 is 1.33 bits per heavy atom. The van der Waals surface area contributed by atoms with Crippen LogP contribution in [-0.4, -0.2) is 41.0 Å². The van der Waals surface area contributed by atoms with Gasteiger partial charge in [-0.05, 0) is 57.8 Å². The Morgan fingerprint density at radius 3 is 2.75 bits per heavy atom. The maximum atomic E-state index is 11.5. The van der Waals surface area contributed by atoms with E-state index in [0.29, 0.717) is 30.2 Å². The molecule has 24 heavy (non-hydrogen) atoms. The van der Waals surface area contributed by atoms with Gasteiger partial charge in [0, 0.05) is 12.1 Å². The third-order valence-corrected chi connectivity index (χ3v) is 4.47. The maximum absolute atomic E-state index is 11.5. The Morgan fingerprint density at radius 2 is 2.08 bits per heavy atom. The number of aromatic nitrogens is 1. The van der Waals surface area contributed by atoms with Crippen LogP contribution in [0.1, 0.15) is 51.0 Å². The molecule has 0 amide bonds. The van der Waals surface area contributed by atoms with Crippen molar-refractivity contribution >= 4 is 17.3 Å². The average molecular weight is 335 g/mol. The fourth-order valence-corrected chi connectivity index (χ4v) is 3.19. The first-order chi connectivity index (χ1) is 11.6. The van der Waals surface area contributed by atoms with Gasteiger partial charge in [0.2, 0.25) is 5.82 Å². The van der Waals surface area contributed by atoms with Crippen molar-refractivity contribution in [2.24, 2.45) is 0 Å². The smallest absolute Gasteiger partial charge is 0.314 e. The summed E-state index contributed by atoms with van der Waals surface area (Å²) in [5.74, 6) is 0.648. The molecule has 0 spiro atoms. The average Bonchev–Trinajstić information content (AvgIpc) is 2.57. The van der Waals surface area contributed by atoms with Gasteiger partial charge in [-0.1, -0.05) is 19.8 Å². The number of piperidine rings is 1. The van der Waals surface area contributed by atoms with Crippen LogP contribution in [0.3, 0.4) is 0 Å². The number of unbranched alkanes of at least 4 members (excludes halogenated alkanes) is 1. The topological polar surface area (TPSA) is 97.3 Å². The summed E-state index contributed by atoms with van der Waals surface area (Å²) in [7, 11) is 0. The molecular weight excluding hydrogens is 306 g/mol. The highest BCUT2D eigenvalue weighted by atomic mass is 16.6. The van der Waals surface area contributed by atoms with Gasteiger partial charge in [0.25, 0.3) is 0 Å². The Bertz CT molecular complexity index is 544. The second kappa shape index (κ2) is 9.42. The van der Waals surface area contributed by atoms with Gasteiger partial charge in [-0.15, -0.1) is 0 Å². The molecule has 7 heteroatoms. The van der Waals surface area contributed by atoms with Gasteiger partial charge >= 0.3 is 5.69 Å². The SMILES string of the molecule is CCCCc1cc(N)nc(NCCCN2CCCCC2)c1[N+](=O)[O-]. The molecule has 7 nitrogen and oxygen atoms in total. The van der Waals surface area contributed by atoms with Crippen LogP contribution in [0.4, 0.5) is 17.3 Å². The number of likely N-dealkylation sites (tertiary alicyclic amines) is 1. The van der Waals surface area contributed by atoms with Crippen molar-refractivity contribution < 1.29 is 4.92 Å². The summed E-state index contributed by atoms with van der Waals surface area (Å²) in [6.07, 6.45) is 7.36. The van der Waals surface area contributed by atoms with Crippen molar-refractivity contribution in [3.05, 3.63) is 21.7 Å². The van der Waals surface area contributed by atoms with Crippen molar-refractivity contribution in [3.63, 3.8) is 0 Å². The monoisotopic (exact) mass is 335 g/mol. The van der Waals surface area contributed by atoms with E-state index in [-0.39, 0.29) is 10.6 Å². The molecule has 0 unspecified atom stereocenters. The summed E-state index contributed by atoms with van der Waals surface area (Å²) in [4.78, 5) is 17.7. The predicted octanol–water partition coefficient (Wildman–Crippen LogP) is 3.20. The molecule has 1 fully saturated rings. The number of nitrogen functional groups attached to an aromatic ring is 1. The lowest BCUT2D eigenvalue weighted by atomic mass is 10.1. The van der Waals surface area contributed by atoms with Gasteiger partial charge in [0.15, 0.2) is 0 Å². The van der Waals surface area contributed by atoms with Crippen LogP contribution in [-0.2, 0) is 6.42 Å². The highest BCUT2D eigenvalue weighted by Crippen LogP contribution is 2.30. The van der Waals surface area contributed by atoms with Crippen molar-refractivity contribution in [2.45, 2.75) is 51.9 Å². The molecule has 1 aromatic heterocycles. The molecule has 0 aromatic carbocycles. The zero-order valence-corrected chi connectivity index (χ0v) is 14.6. The lowest BCUT2D eigenvalue weighted by Gasteiger charge is -2.26. The molecule has 0 aliphatic carbocycles. The number of rotatable bonds is 9. The van der Waals surface area contributed by atoms with Crippen LogP contribution in [0.5, 0.6) is 0 Å². The normalized spacial score (nSPS) is 15.4. The zero-order valence-electron chi connectivity index (χ0n) is 14.6. The number of hydrogen-bond acceptors (Lipinski definition) is 6. The Kier molecular flexibility index (Phi) is 7.24. The molecule has 0 saturated carbocycles. The van der Waals surface area contributed by atoms with E-state index < -0.39 is 0 Å². The third-order valence-electron chi connectivity index (χ3n) is 4.47. The highest BCUT2D eigenvalue weighted by molar-refractivity contribution is 5.64. The first-order valence-electron chi connectivity index (χ1n) is 9.01. The number of nitrogens with two attached hydrogens (primary N) is 1. The van der Waals surface area contributed by atoms with E-state index in [1.807, 2.05) is 0 Å². The van der Waals surface area contributed by atoms with Gasteiger partial charge in [-0.25, -0.2) is 4.98 Å². The van der Waals surface area contributed by atoms with E-state index in [1.54, 1.807) is 6.07 Å². The quantitative estimate of drug-likeness (QED) is 0.408. The highest BCUT2D eigenvalue weighted by Gasteiger charge is 2.22. The molecule has 1 saturated heterocycles. The first kappa shape index (κ1) is 18.4. The van der Waals surface area contributed by atoms with Gasteiger partial charge in [0.05, 0.1) is 4.92 Å². The lowest BCUT2D eigenvalue weighted by Crippen LogP contribution is -2.31. The van der Waals surface area contributed by atoms with Gasteiger partial charge in [0.1, 0.15) is 5.82 Å². The van der Waals surface area contributed by atoms with Crippen molar-refractivity contribution in [1.29, 1.82) is 0 Å². The minimum absolute atomic E-state index is 0.0793. The van der Waals surface area contributed by atoms with E-state index in [2.05, 4.69) is 22.1 Å². The molecule has 0 radical (unpaired) electrons. The number of hydrogen-bond donors (Lipinski definition) is 2. The Balaban J connectivity index is 1.97. The molecule has 1 aromatic rings. The minimum Gasteiger partial charge on any atom is -0.384 e. The summed E-state index contributed by atoms with van der Waals surface area (Å²) >= 11 is 0. The molecule has 3 N–H and O–H groups in total. The maximum Gasteiger partial charge on any atom is 0.314 e. The second-order valence-corrected chi connectivity index (χ2v) is 6.45. The zero-order chi connectivity index (χ0) is 17.4. The van der Waals surface area contributed by atoms with E-state index in [0.717, 1.165) is 38.9 Å². The van der Waals surface area contributed by atoms with Gasteiger partial charge < -0.3 is 16.0 Å². The van der Waals surface area contributed by atoms with Gasteiger partial charge in [-0.2, -0.15) is 0 Å². The number of nitrogens with zero attached hydrogens (tertiary/aromatic N) is 3. The van der Waals surface area contributed by atoms with Crippen molar-refractivity contribution in [1.82, 2.24) is 9.88 Å². The van der Waals surface area contributed by atoms with Crippen molar-refractivity contribution in [2.75, 3.05) is 37.2 Å². The van der Waals surface area contributed by atoms with Crippen LogP contribution < -0.4 is 11.1 Å². The lowest BCUT2D eigenvalue weighted by molar-refractivity contribution is -0.384. The van der Waals surface area contributed by atoms with Crippen LogP contribution in [0.2, 0.25) is 0 Å². The molecule has 0 bridgehead atoms. The summed E-state index contributed by atoms with van der Waals surface area (Å²) < 4.78 is 0. The van der Waals surface area contributed by atoms with Crippen LogP contribution in [0, 0.1) is 10.1 Å². The number of nitro groups is 1. The first-order valence-corrected chi connectivity index (χ1v) is 9.01. The standard InChI is InChI=1S/C17H29N5O2/c1-2-3-8-14-13-15(18)20-17(16(14)22(23)24)19-9-7-12-21-10-5-4-6-11-21/h13H,2-12H2,1H3,(H3,18,19,20). The van der Waals surface area contributed by atoms with Crippen molar-refractivity contribution in [3.8, 4) is 0 Å². The van der Waals surface area contributed by atoms with E-state index in [9.17, 15) is 10.1 Å². The number of anilines is 2. The fourth-order valence-electron chi connectivity index (χ4n) is 3.19. The molecule has 134 valence electrons. The minimum atomic E-state index is -0.343. The van der Waals surface area contributed by atoms with E-state index in [4.69, 9.17) is 5.73 Å². The summed E-state index contributed by atoms with van der Waals surface area (Å²) in [6, 6.07) is 1.63. The van der Waals surface area contributed by atoms with Gasteiger partial charge in [-0.3, -0.25) is 10.1 Å². The second-order valence-electron chi connectivity index (χ2n) is 6.45. The Labute approximate surface area is 143 Å². The fraction of sp³-hybridized carbons (Fsp3) is 0.706. The molecule has 1 aliphatic rings. The predicted molar refractivity (Wildman–Crippen MR) is 97.3 cm³/mol. The summed E-state index contributed by atoms with van der Waals surface area (Å²) in [5, 5.41) is 14.6. The molecule has 2 rings (SSSR count). The molecule has 1 aliphatic heterocycles. The molecule has 2 heterocycles. The molecular formula is C17H29N5O2. The van der Waals surface area contributed by atoms with Crippen LogP contribution >= 0.6 is 0 Å². The number of pyridine rings is 1. The van der Waals surface area contributed by atoms with E-state index >= 15 is 0 Å². The van der Waals surface area contributed by atoms with E-state index in [1.165, 1.54) is 19.3 Å². The summed E-state index contributed by atoms with van der Waals surface area (Å²) in [6.45, 7) is 6.08.